The molecule has 0 spiro atoms. The molecule has 1 amide bonds. The number of hydrogen-bond acceptors (Lipinski definition) is 3. The number of nitrogens with zero attached hydrogens (tertiary/aromatic N) is 4. The summed E-state index contributed by atoms with van der Waals surface area (Å²) in [4.78, 5) is 18.0. The first-order valence-corrected chi connectivity index (χ1v) is 8.31. The lowest BCUT2D eigenvalue weighted by Crippen LogP contribution is -2.39. The van der Waals surface area contributed by atoms with E-state index >= 15 is 0 Å². The maximum Gasteiger partial charge on any atom is 0.434 e. The van der Waals surface area contributed by atoms with E-state index in [0.29, 0.717) is 24.7 Å². The molecule has 6 nitrogen and oxygen atoms in total. The Balaban J connectivity index is 1.57. The Hall–Kier alpha value is -2.32. The van der Waals surface area contributed by atoms with E-state index in [1.54, 1.807) is 0 Å². The number of aryl methyl sites for hydroxylation is 1. The van der Waals surface area contributed by atoms with Crippen molar-refractivity contribution in [3.8, 4) is 0 Å². The number of carbonyl (C=O) groups is 1. The van der Waals surface area contributed by atoms with E-state index in [9.17, 15) is 18.0 Å². The molecule has 0 radical (unpaired) electrons. The van der Waals surface area contributed by atoms with Crippen LogP contribution in [0.1, 0.15) is 46.6 Å². The van der Waals surface area contributed by atoms with Crippen molar-refractivity contribution < 1.29 is 18.0 Å². The molecule has 4 rings (SSSR count). The quantitative estimate of drug-likeness (QED) is 0.856. The highest BCUT2D eigenvalue weighted by molar-refractivity contribution is 5.94. The number of carbonyl (C=O) groups excluding carboxylic acids is 1. The van der Waals surface area contributed by atoms with Crippen molar-refractivity contribution >= 4 is 5.91 Å². The van der Waals surface area contributed by atoms with Gasteiger partial charge in [0.05, 0.1) is 6.54 Å². The molecule has 3 heterocycles. The first-order chi connectivity index (χ1) is 11.8. The van der Waals surface area contributed by atoms with Crippen LogP contribution in [-0.4, -0.2) is 37.1 Å². The predicted octanol–water partition coefficient (Wildman–Crippen LogP) is 2.41. The molecule has 1 N–H and O–H groups in total. The maximum atomic E-state index is 12.8. The van der Waals surface area contributed by atoms with Gasteiger partial charge in [0.25, 0.3) is 5.91 Å². The zero-order valence-corrected chi connectivity index (χ0v) is 13.7. The Bertz CT molecular complexity index is 822. The zero-order chi connectivity index (χ0) is 17.8. The van der Waals surface area contributed by atoms with Crippen LogP contribution in [0.4, 0.5) is 13.2 Å². The van der Waals surface area contributed by atoms with Gasteiger partial charge in [-0.15, -0.1) is 0 Å². The van der Waals surface area contributed by atoms with Gasteiger partial charge in [-0.2, -0.15) is 18.3 Å². The number of H-pyrrole nitrogens is 1. The predicted molar refractivity (Wildman–Crippen MR) is 81.7 cm³/mol. The zero-order valence-electron chi connectivity index (χ0n) is 13.7. The molecular weight excluding hydrogens is 335 g/mol. The van der Waals surface area contributed by atoms with Crippen LogP contribution in [0.15, 0.2) is 6.20 Å². The van der Waals surface area contributed by atoms with E-state index in [4.69, 9.17) is 0 Å². The first-order valence-electron chi connectivity index (χ1n) is 8.31. The van der Waals surface area contributed by atoms with Gasteiger partial charge in [-0.25, -0.2) is 4.98 Å². The second-order valence-corrected chi connectivity index (χ2v) is 6.84. The summed E-state index contributed by atoms with van der Waals surface area (Å²) < 4.78 is 39.9. The number of amides is 1. The van der Waals surface area contributed by atoms with Gasteiger partial charge < -0.3 is 9.47 Å². The van der Waals surface area contributed by atoms with Crippen LogP contribution >= 0.6 is 0 Å². The van der Waals surface area contributed by atoms with E-state index in [1.807, 2.05) is 0 Å². The van der Waals surface area contributed by atoms with E-state index in [-0.39, 0.29) is 18.3 Å². The first kappa shape index (κ1) is 16.2. The molecule has 134 valence electrons. The third kappa shape index (κ3) is 2.81. The Labute approximate surface area is 142 Å². The fraction of sp³-hybridized carbons (Fsp3) is 0.562. The summed E-state index contributed by atoms with van der Waals surface area (Å²) in [6.45, 7) is 2.84. The molecule has 0 saturated carbocycles. The van der Waals surface area contributed by atoms with Crippen molar-refractivity contribution in [1.82, 2.24) is 24.6 Å². The number of aromatic amines is 1. The summed E-state index contributed by atoms with van der Waals surface area (Å²) in [5, 5.41) is 7.13. The van der Waals surface area contributed by atoms with Gasteiger partial charge in [-0.3, -0.25) is 9.89 Å². The lowest BCUT2D eigenvalue weighted by atomic mass is 9.87. The number of nitrogens with one attached hydrogen (secondary N) is 1. The van der Waals surface area contributed by atoms with Crippen LogP contribution in [-0.2, 0) is 32.1 Å². The highest BCUT2D eigenvalue weighted by Crippen LogP contribution is 2.30. The van der Waals surface area contributed by atoms with Crippen LogP contribution in [0.2, 0.25) is 0 Å². The van der Waals surface area contributed by atoms with E-state index < -0.39 is 11.9 Å². The number of hydrogen-bond donors (Lipinski definition) is 1. The third-order valence-electron chi connectivity index (χ3n) is 4.98. The van der Waals surface area contributed by atoms with Gasteiger partial charge in [0.2, 0.25) is 0 Å². The van der Waals surface area contributed by atoms with Gasteiger partial charge in [0.1, 0.15) is 5.82 Å². The van der Waals surface area contributed by atoms with Crippen molar-refractivity contribution in [3.63, 3.8) is 0 Å². The minimum Gasteiger partial charge on any atom is -0.331 e. The third-order valence-corrected chi connectivity index (χ3v) is 4.98. The number of fused-ring (bicyclic) bond motifs is 2. The average Bonchev–Trinajstić information content (AvgIpc) is 3.16. The van der Waals surface area contributed by atoms with Crippen molar-refractivity contribution in [2.45, 2.75) is 45.5 Å². The Morgan fingerprint density at radius 2 is 2.16 bits per heavy atom. The topological polar surface area (TPSA) is 66.8 Å². The lowest BCUT2D eigenvalue weighted by molar-refractivity contribution is -0.141. The molecular formula is C16H18F3N5O. The van der Waals surface area contributed by atoms with Crippen LogP contribution < -0.4 is 0 Å². The molecule has 0 bridgehead atoms. The summed E-state index contributed by atoms with van der Waals surface area (Å²) in [5.41, 5.74) is 1.44. The Kier molecular flexibility index (Phi) is 3.62. The van der Waals surface area contributed by atoms with Gasteiger partial charge in [-0.1, -0.05) is 6.92 Å². The van der Waals surface area contributed by atoms with Crippen LogP contribution in [0.5, 0.6) is 0 Å². The Morgan fingerprint density at radius 3 is 2.92 bits per heavy atom. The normalized spacial score (nSPS) is 20.3. The molecule has 1 unspecified atom stereocenters. The summed E-state index contributed by atoms with van der Waals surface area (Å²) in [6.07, 6.45) is -0.736. The SMILES string of the molecule is CC1CCc2[nH]nc(C(=O)N3CCn4cc(C(F)(F)F)nc4C3)c2C1. The number of halogens is 3. The maximum absolute atomic E-state index is 12.8. The second-order valence-electron chi connectivity index (χ2n) is 6.84. The van der Waals surface area contributed by atoms with Crippen molar-refractivity contribution in [3.05, 3.63) is 34.7 Å². The molecule has 0 aromatic carbocycles. The van der Waals surface area contributed by atoms with Gasteiger partial charge in [-0.05, 0) is 25.2 Å². The minimum absolute atomic E-state index is 0.0616. The Morgan fingerprint density at radius 1 is 1.36 bits per heavy atom. The fourth-order valence-electron chi connectivity index (χ4n) is 3.56. The number of rotatable bonds is 1. The molecule has 2 aromatic heterocycles. The van der Waals surface area contributed by atoms with Gasteiger partial charge >= 0.3 is 6.18 Å². The molecule has 0 fully saturated rings. The van der Waals surface area contributed by atoms with E-state index in [2.05, 4.69) is 22.1 Å². The molecule has 2 aliphatic rings. The van der Waals surface area contributed by atoms with E-state index in [1.165, 1.54) is 9.47 Å². The summed E-state index contributed by atoms with van der Waals surface area (Å²) in [7, 11) is 0. The van der Waals surface area contributed by atoms with Crippen LogP contribution in [0.3, 0.4) is 0 Å². The highest BCUT2D eigenvalue weighted by atomic mass is 19.4. The highest BCUT2D eigenvalue weighted by Gasteiger charge is 2.36. The molecule has 1 aliphatic heterocycles. The lowest BCUT2D eigenvalue weighted by Gasteiger charge is -2.27. The summed E-state index contributed by atoms with van der Waals surface area (Å²) in [6, 6.07) is 0. The average molecular weight is 353 g/mol. The summed E-state index contributed by atoms with van der Waals surface area (Å²) >= 11 is 0. The van der Waals surface area contributed by atoms with Gasteiger partial charge in [0.15, 0.2) is 11.4 Å². The molecule has 25 heavy (non-hydrogen) atoms. The van der Waals surface area contributed by atoms with Crippen molar-refractivity contribution in [2.75, 3.05) is 6.54 Å². The molecule has 0 saturated heterocycles. The van der Waals surface area contributed by atoms with Crippen molar-refractivity contribution in [2.24, 2.45) is 5.92 Å². The fourth-order valence-corrected chi connectivity index (χ4v) is 3.56. The van der Waals surface area contributed by atoms with E-state index in [0.717, 1.165) is 36.7 Å². The molecule has 1 aliphatic carbocycles. The van der Waals surface area contributed by atoms with Crippen molar-refractivity contribution in [1.29, 1.82) is 0 Å². The number of alkyl halides is 3. The largest absolute Gasteiger partial charge is 0.434 e. The smallest absolute Gasteiger partial charge is 0.331 e. The molecule has 9 heteroatoms. The standard InChI is InChI=1S/C16H18F3N5O/c1-9-2-3-11-10(6-9)14(22-21-11)15(25)24-5-4-23-7-12(16(17,18)19)20-13(23)8-24/h7,9H,2-6,8H2,1H3,(H,21,22). The number of aromatic nitrogens is 4. The molecule has 2 aromatic rings. The minimum atomic E-state index is -4.48. The number of imidazole rings is 1. The second kappa shape index (κ2) is 5.60. The van der Waals surface area contributed by atoms with Gasteiger partial charge in [0, 0.05) is 30.5 Å². The van der Waals surface area contributed by atoms with Crippen LogP contribution in [0.25, 0.3) is 0 Å². The summed E-state index contributed by atoms with van der Waals surface area (Å²) in [5.74, 6) is 0.505. The molecule has 1 atom stereocenters. The van der Waals surface area contributed by atoms with Crippen LogP contribution in [0, 0.1) is 5.92 Å². The monoisotopic (exact) mass is 353 g/mol.